The van der Waals surface area contributed by atoms with Crippen molar-refractivity contribution in [1.82, 2.24) is 0 Å². The first-order valence-corrected chi connectivity index (χ1v) is 7.76. The van der Waals surface area contributed by atoms with Crippen LogP contribution in [0.1, 0.15) is 19.8 Å². The fourth-order valence-electron chi connectivity index (χ4n) is 1.43. The van der Waals surface area contributed by atoms with E-state index in [1.165, 1.54) is 0 Å². The minimum atomic E-state index is 0.00524. The molecule has 1 rings (SSSR count). The van der Waals surface area contributed by atoms with Crippen molar-refractivity contribution in [2.75, 3.05) is 29.2 Å². The van der Waals surface area contributed by atoms with Crippen molar-refractivity contribution in [3.8, 4) is 0 Å². The van der Waals surface area contributed by atoms with Crippen LogP contribution in [0.15, 0.2) is 18.2 Å². The average molecular weight is 287 g/mol. The first kappa shape index (κ1) is 15.2. The SMILES string of the molecule is CCC(=O)Nc1ccc(Cl)c(NCCCSC)c1. The smallest absolute Gasteiger partial charge is 0.224 e. The van der Waals surface area contributed by atoms with Crippen molar-refractivity contribution in [1.29, 1.82) is 0 Å². The molecule has 0 unspecified atom stereocenters. The molecule has 0 bridgehead atoms. The van der Waals surface area contributed by atoms with Gasteiger partial charge in [0.15, 0.2) is 0 Å². The van der Waals surface area contributed by atoms with Gasteiger partial charge in [-0.1, -0.05) is 18.5 Å². The second-order valence-electron chi connectivity index (χ2n) is 3.87. The number of amides is 1. The molecule has 3 nitrogen and oxygen atoms in total. The minimum Gasteiger partial charge on any atom is -0.384 e. The Morgan fingerprint density at radius 2 is 2.22 bits per heavy atom. The Hall–Kier alpha value is -0.870. The molecule has 0 heterocycles. The highest BCUT2D eigenvalue weighted by atomic mass is 35.5. The van der Waals surface area contributed by atoms with Crippen LogP contribution < -0.4 is 10.6 Å². The highest BCUT2D eigenvalue weighted by Gasteiger charge is 2.03. The van der Waals surface area contributed by atoms with Crippen LogP contribution in [0, 0.1) is 0 Å². The van der Waals surface area contributed by atoms with E-state index in [1.807, 2.05) is 30.8 Å². The molecule has 0 aliphatic carbocycles. The van der Waals surface area contributed by atoms with E-state index in [4.69, 9.17) is 11.6 Å². The lowest BCUT2D eigenvalue weighted by Crippen LogP contribution is -2.10. The summed E-state index contributed by atoms with van der Waals surface area (Å²) in [7, 11) is 0. The molecule has 0 radical (unpaired) electrons. The summed E-state index contributed by atoms with van der Waals surface area (Å²) in [6.45, 7) is 2.71. The Bertz CT molecular complexity index is 399. The Kier molecular flexibility index (Phi) is 6.98. The van der Waals surface area contributed by atoms with Gasteiger partial charge in [0, 0.05) is 18.7 Å². The number of benzene rings is 1. The molecule has 1 amide bonds. The zero-order valence-corrected chi connectivity index (χ0v) is 12.3. The van der Waals surface area contributed by atoms with E-state index in [0.717, 1.165) is 30.1 Å². The first-order chi connectivity index (χ1) is 8.67. The summed E-state index contributed by atoms with van der Waals surface area (Å²) in [5, 5.41) is 6.78. The second kappa shape index (κ2) is 8.27. The zero-order chi connectivity index (χ0) is 13.4. The Balaban J connectivity index is 2.60. The fourth-order valence-corrected chi connectivity index (χ4v) is 2.04. The van der Waals surface area contributed by atoms with Gasteiger partial charge in [0.1, 0.15) is 0 Å². The number of rotatable bonds is 7. The van der Waals surface area contributed by atoms with Crippen LogP contribution in [-0.2, 0) is 4.79 Å². The van der Waals surface area contributed by atoms with Crippen LogP contribution in [0.4, 0.5) is 11.4 Å². The van der Waals surface area contributed by atoms with E-state index < -0.39 is 0 Å². The zero-order valence-electron chi connectivity index (χ0n) is 10.8. The van der Waals surface area contributed by atoms with Gasteiger partial charge in [0.2, 0.25) is 5.91 Å². The third-order valence-corrected chi connectivity index (χ3v) is 3.44. The van der Waals surface area contributed by atoms with Crippen molar-refractivity contribution in [3.63, 3.8) is 0 Å². The molecule has 2 N–H and O–H groups in total. The van der Waals surface area contributed by atoms with Crippen LogP contribution in [0.25, 0.3) is 0 Å². The highest BCUT2D eigenvalue weighted by Crippen LogP contribution is 2.25. The Labute approximate surface area is 118 Å². The Morgan fingerprint density at radius 1 is 1.44 bits per heavy atom. The molecule has 100 valence electrons. The normalized spacial score (nSPS) is 10.2. The van der Waals surface area contributed by atoms with Gasteiger partial charge >= 0.3 is 0 Å². The molecule has 0 aliphatic rings. The summed E-state index contributed by atoms with van der Waals surface area (Å²) >= 11 is 7.92. The van der Waals surface area contributed by atoms with Gasteiger partial charge in [-0.3, -0.25) is 4.79 Å². The molecular formula is C13H19ClN2OS. The van der Waals surface area contributed by atoms with E-state index in [9.17, 15) is 4.79 Å². The summed E-state index contributed by atoms with van der Waals surface area (Å²) in [6, 6.07) is 5.47. The number of nitrogens with one attached hydrogen (secondary N) is 2. The van der Waals surface area contributed by atoms with Gasteiger partial charge in [-0.15, -0.1) is 0 Å². The summed E-state index contributed by atoms with van der Waals surface area (Å²) in [5.74, 6) is 1.13. The van der Waals surface area contributed by atoms with Crippen LogP contribution >= 0.6 is 23.4 Å². The maximum absolute atomic E-state index is 11.3. The van der Waals surface area contributed by atoms with E-state index >= 15 is 0 Å². The minimum absolute atomic E-state index is 0.00524. The third-order valence-electron chi connectivity index (χ3n) is 2.41. The standard InChI is InChI=1S/C13H19ClN2OS/c1-3-13(17)16-10-5-6-11(14)12(9-10)15-7-4-8-18-2/h5-6,9,15H,3-4,7-8H2,1-2H3,(H,16,17). The third kappa shape index (κ3) is 5.19. The second-order valence-corrected chi connectivity index (χ2v) is 5.26. The number of carbonyl (C=O) groups excluding carboxylic acids is 1. The predicted octanol–water partition coefficient (Wildman–Crippen LogP) is 3.85. The van der Waals surface area contributed by atoms with Crippen molar-refractivity contribution < 1.29 is 4.79 Å². The predicted molar refractivity (Wildman–Crippen MR) is 81.9 cm³/mol. The molecule has 0 aromatic heterocycles. The molecule has 0 atom stereocenters. The van der Waals surface area contributed by atoms with E-state index in [-0.39, 0.29) is 5.91 Å². The van der Waals surface area contributed by atoms with Crippen molar-refractivity contribution in [2.24, 2.45) is 0 Å². The lowest BCUT2D eigenvalue weighted by atomic mass is 10.2. The molecule has 0 saturated heterocycles. The quantitative estimate of drug-likeness (QED) is 0.748. The molecule has 0 saturated carbocycles. The summed E-state index contributed by atoms with van der Waals surface area (Å²) in [4.78, 5) is 11.3. The number of carbonyl (C=O) groups is 1. The monoisotopic (exact) mass is 286 g/mol. The van der Waals surface area contributed by atoms with Crippen molar-refractivity contribution >= 4 is 40.6 Å². The fraction of sp³-hybridized carbons (Fsp3) is 0.462. The number of hydrogen-bond acceptors (Lipinski definition) is 3. The first-order valence-electron chi connectivity index (χ1n) is 5.99. The lowest BCUT2D eigenvalue weighted by molar-refractivity contribution is -0.115. The van der Waals surface area contributed by atoms with E-state index in [1.54, 1.807) is 6.07 Å². The summed E-state index contributed by atoms with van der Waals surface area (Å²) in [5.41, 5.74) is 1.64. The van der Waals surface area contributed by atoms with Gasteiger partial charge in [0.25, 0.3) is 0 Å². The molecule has 0 aliphatic heterocycles. The number of thioether (sulfide) groups is 1. The van der Waals surface area contributed by atoms with Crippen LogP contribution in [0.5, 0.6) is 0 Å². The number of hydrogen-bond donors (Lipinski definition) is 2. The van der Waals surface area contributed by atoms with E-state index in [2.05, 4.69) is 16.9 Å². The summed E-state index contributed by atoms with van der Waals surface area (Å²) < 4.78 is 0. The molecule has 1 aromatic carbocycles. The number of anilines is 2. The van der Waals surface area contributed by atoms with Gasteiger partial charge in [-0.25, -0.2) is 0 Å². The van der Waals surface area contributed by atoms with Gasteiger partial charge in [-0.05, 0) is 36.6 Å². The molecular weight excluding hydrogens is 268 g/mol. The topological polar surface area (TPSA) is 41.1 Å². The van der Waals surface area contributed by atoms with Crippen molar-refractivity contribution in [2.45, 2.75) is 19.8 Å². The van der Waals surface area contributed by atoms with Gasteiger partial charge < -0.3 is 10.6 Å². The van der Waals surface area contributed by atoms with Crippen LogP contribution in [0.3, 0.4) is 0 Å². The van der Waals surface area contributed by atoms with Crippen molar-refractivity contribution in [3.05, 3.63) is 23.2 Å². The van der Waals surface area contributed by atoms with Gasteiger partial charge in [0.05, 0.1) is 10.7 Å². The molecule has 0 spiro atoms. The number of halogens is 1. The summed E-state index contributed by atoms with van der Waals surface area (Å²) in [6.07, 6.45) is 3.65. The molecule has 0 fully saturated rings. The average Bonchev–Trinajstić information content (AvgIpc) is 2.38. The maximum atomic E-state index is 11.3. The molecule has 1 aromatic rings. The lowest BCUT2D eigenvalue weighted by Gasteiger charge is -2.11. The maximum Gasteiger partial charge on any atom is 0.224 e. The highest BCUT2D eigenvalue weighted by molar-refractivity contribution is 7.98. The molecule has 18 heavy (non-hydrogen) atoms. The van der Waals surface area contributed by atoms with Crippen LogP contribution in [-0.4, -0.2) is 24.5 Å². The van der Waals surface area contributed by atoms with Crippen LogP contribution in [0.2, 0.25) is 5.02 Å². The van der Waals surface area contributed by atoms with Gasteiger partial charge in [-0.2, -0.15) is 11.8 Å². The van der Waals surface area contributed by atoms with E-state index in [0.29, 0.717) is 11.4 Å². The molecule has 5 heteroatoms. The largest absolute Gasteiger partial charge is 0.384 e. The Morgan fingerprint density at radius 3 is 2.89 bits per heavy atom.